The van der Waals surface area contributed by atoms with Gasteiger partial charge in [-0.05, 0) is 38.3 Å². The minimum absolute atomic E-state index is 0.202. The molecule has 0 radical (unpaired) electrons. The van der Waals surface area contributed by atoms with Crippen LogP contribution in [0.15, 0.2) is 18.2 Å². The first-order chi connectivity index (χ1) is 8.50. The summed E-state index contributed by atoms with van der Waals surface area (Å²) in [6.07, 6.45) is 1.27. The molecule has 0 fully saturated rings. The van der Waals surface area contributed by atoms with Crippen molar-refractivity contribution in [1.82, 2.24) is 4.98 Å². The molecule has 0 aliphatic rings. The number of benzene rings is 1. The Morgan fingerprint density at radius 2 is 2.06 bits per heavy atom. The van der Waals surface area contributed by atoms with Gasteiger partial charge >= 0.3 is 0 Å². The minimum Gasteiger partial charge on any atom is -0.358 e. The van der Waals surface area contributed by atoms with Crippen LogP contribution >= 0.6 is 12.2 Å². The van der Waals surface area contributed by atoms with Gasteiger partial charge in [0.25, 0.3) is 0 Å². The number of ketones is 1. The molecular formula is C15H17NOS. The molecule has 1 N–H and O–H groups in total. The van der Waals surface area contributed by atoms with Crippen molar-refractivity contribution in [2.75, 3.05) is 0 Å². The highest BCUT2D eigenvalue weighted by atomic mass is 32.1. The van der Waals surface area contributed by atoms with E-state index in [1.54, 1.807) is 6.92 Å². The number of nitrogens with one attached hydrogen (secondary N) is 1. The van der Waals surface area contributed by atoms with Crippen molar-refractivity contribution in [3.63, 3.8) is 0 Å². The van der Waals surface area contributed by atoms with Crippen molar-refractivity contribution in [1.29, 1.82) is 0 Å². The topological polar surface area (TPSA) is 32.9 Å². The Hall–Kier alpha value is -1.48. The first-order valence-corrected chi connectivity index (χ1v) is 6.52. The van der Waals surface area contributed by atoms with Crippen molar-refractivity contribution in [3.8, 4) is 0 Å². The summed E-state index contributed by atoms with van der Waals surface area (Å²) < 4.78 is 0.881. The van der Waals surface area contributed by atoms with E-state index in [1.807, 2.05) is 19.1 Å². The normalized spacial score (nSPS) is 10.8. The molecule has 1 heterocycles. The van der Waals surface area contributed by atoms with Gasteiger partial charge in [0.1, 0.15) is 5.78 Å². The van der Waals surface area contributed by atoms with Gasteiger partial charge in [-0.15, -0.1) is 0 Å². The highest BCUT2D eigenvalue weighted by Gasteiger charge is 2.08. The monoisotopic (exact) mass is 259 g/mol. The number of carbonyl (C=O) groups excluding carboxylic acids is 1. The highest BCUT2D eigenvalue weighted by Crippen LogP contribution is 2.23. The van der Waals surface area contributed by atoms with Crippen LogP contribution in [-0.2, 0) is 11.2 Å². The van der Waals surface area contributed by atoms with E-state index in [4.69, 9.17) is 12.2 Å². The quantitative estimate of drug-likeness (QED) is 0.844. The first-order valence-electron chi connectivity index (χ1n) is 6.11. The van der Waals surface area contributed by atoms with Gasteiger partial charge in [0, 0.05) is 23.0 Å². The van der Waals surface area contributed by atoms with Crippen LogP contribution in [0.3, 0.4) is 0 Å². The van der Waals surface area contributed by atoms with E-state index in [0.29, 0.717) is 6.42 Å². The number of carbonyl (C=O) groups is 1. The molecule has 1 aromatic heterocycles. The molecule has 1 aromatic carbocycles. The molecule has 94 valence electrons. The second-order valence-electron chi connectivity index (χ2n) is 4.76. The second kappa shape index (κ2) is 5.02. The molecule has 0 bridgehead atoms. The molecule has 18 heavy (non-hydrogen) atoms. The van der Waals surface area contributed by atoms with Crippen LogP contribution in [0.4, 0.5) is 0 Å². The Morgan fingerprint density at radius 3 is 2.72 bits per heavy atom. The molecule has 3 heteroatoms. The Labute approximate surface area is 112 Å². The standard InChI is InChI=1S/C15H17NOS/c1-9-5-4-6-13-14(9)16-11(3)12(15(13)18)8-7-10(2)17/h4-6H,7-8H2,1-3H3,(H,16,18). The molecule has 2 rings (SSSR count). The van der Waals surface area contributed by atoms with Gasteiger partial charge in [0.05, 0.1) is 4.51 Å². The van der Waals surface area contributed by atoms with Gasteiger partial charge in [-0.2, -0.15) is 0 Å². The number of hydrogen-bond acceptors (Lipinski definition) is 2. The lowest BCUT2D eigenvalue weighted by atomic mass is 10.0. The summed E-state index contributed by atoms with van der Waals surface area (Å²) in [5, 5.41) is 1.08. The van der Waals surface area contributed by atoms with Crippen LogP contribution in [-0.4, -0.2) is 10.8 Å². The number of para-hydroxylation sites is 1. The van der Waals surface area contributed by atoms with E-state index in [0.717, 1.165) is 33.1 Å². The van der Waals surface area contributed by atoms with Crippen molar-refractivity contribution >= 4 is 28.9 Å². The fraction of sp³-hybridized carbons (Fsp3) is 0.333. The maximum atomic E-state index is 11.1. The summed E-state index contributed by atoms with van der Waals surface area (Å²) in [4.78, 5) is 14.5. The zero-order valence-electron chi connectivity index (χ0n) is 11.0. The lowest BCUT2D eigenvalue weighted by Gasteiger charge is -2.10. The van der Waals surface area contributed by atoms with E-state index in [2.05, 4.69) is 18.0 Å². The SMILES string of the molecule is CC(=O)CCc1c(C)[nH]c2c(C)cccc2c1=S. The Kier molecular flexibility index (Phi) is 3.62. The molecule has 0 spiro atoms. The van der Waals surface area contributed by atoms with Gasteiger partial charge in [-0.25, -0.2) is 0 Å². The number of fused-ring (bicyclic) bond motifs is 1. The van der Waals surface area contributed by atoms with E-state index in [1.165, 1.54) is 5.56 Å². The first kappa shape index (κ1) is 13.0. The number of aromatic amines is 1. The number of rotatable bonds is 3. The lowest BCUT2D eigenvalue weighted by Crippen LogP contribution is -2.00. The van der Waals surface area contributed by atoms with Gasteiger partial charge in [-0.3, -0.25) is 0 Å². The number of aromatic nitrogens is 1. The molecule has 2 nitrogen and oxygen atoms in total. The maximum absolute atomic E-state index is 11.1. The van der Waals surface area contributed by atoms with E-state index in [9.17, 15) is 4.79 Å². The summed E-state index contributed by atoms with van der Waals surface area (Å²) in [6.45, 7) is 5.72. The lowest BCUT2D eigenvalue weighted by molar-refractivity contribution is -0.116. The summed E-state index contributed by atoms with van der Waals surface area (Å²) >= 11 is 5.56. The van der Waals surface area contributed by atoms with Crippen LogP contribution in [0.5, 0.6) is 0 Å². The molecule has 0 amide bonds. The Bertz CT molecular complexity index is 670. The predicted octanol–water partition coefficient (Wildman–Crippen LogP) is 4.04. The molecule has 0 saturated carbocycles. The molecule has 0 unspecified atom stereocenters. The van der Waals surface area contributed by atoms with Crippen LogP contribution in [0.2, 0.25) is 0 Å². The van der Waals surface area contributed by atoms with Gasteiger partial charge < -0.3 is 9.78 Å². The van der Waals surface area contributed by atoms with Gasteiger partial charge in [0.2, 0.25) is 0 Å². The molecule has 0 aliphatic heterocycles. The summed E-state index contributed by atoms with van der Waals surface area (Å²) in [7, 11) is 0. The molecule has 2 aromatic rings. The largest absolute Gasteiger partial charge is 0.358 e. The summed E-state index contributed by atoms with van der Waals surface area (Å²) in [5.41, 5.74) is 4.47. The zero-order chi connectivity index (χ0) is 13.3. The van der Waals surface area contributed by atoms with Crippen molar-refractivity contribution in [3.05, 3.63) is 39.5 Å². The third-order valence-corrected chi connectivity index (χ3v) is 3.75. The maximum Gasteiger partial charge on any atom is 0.130 e. The highest BCUT2D eigenvalue weighted by molar-refractivity contribution is 7.71. The van der Waals surface area contributed by atoms with Crippen molar-refractivity contribution in [2.45, 2.75) is 33.6 Å². The van der Waals surface area contributed by atoms with E-state index < -0.39 is 0 Å². The minimum atomic E-state index is 0.202. The van der Waals surface area contributed by atoms with Crippen molar-refractivity contribution < 1.29 is 4.79 Å². The molecule has 0 aliphatic carbocycles. The van der Waals surface area contributed by atoms with Crippen molar-refractivity contribution in [2.24, 2.45) is 0 Å². The number of aryl methyl sites for hydroxylation is 2. The van der Waals surface area contributed by atoms with Gasteiger partial charge in [0.15, 0.2) is 0 Å². The molecular weight excluding hydrogens is 242 g/mol. The van der Waals surface area contributed by atoms with E-state index >= 15 is 0 Å². The number of pyridine rings is 1. The average molecular weight is 259 g/mol. The van der Waals surface area contributed by atoms with Crippen LogP contribution in [0.25, 0.3) is 10.9 Å². The fourth-order valence-electron chi connectivity index (χ4n) is 2.22. The van der Waals surface area contributed by atoms with E-state index in [-0.39, 0.29) is 5.78 Å². The van der Waals surface area contributed by atoms with Crippen LogP contribution < -0.4 is 0 Å². The molecule has 0 atom stereocenters. The Balaban J connectivity index is 2.62. The van der Waals surface area contributed by atoms with Gasteiger partial charge in [-0.1, -0.05) is 30.4 Å². The number of hydrogen-bond donors (Lipinski definition) is 1. The Morgan fingerprint density at radius 1 is 1.33 bits per heavy atom. The second-order valence-corrected chi connectivity index (χ2v) is 5.17. The summed E-state index contributed by atoms with van der Waals surface area (Å²) in [5.74, 6) is 0.202. The number of H-pyrrole nitrogens is 1. The smallest absolute Gasteiger partial charge is 0.130 e. The third-order valence-electron chi connectivity index (χ3n) is 3.28. The fourth-order valence-corrected chi connectivity index (χ4v) is 2.65. The zero-order valence-corrected chi connectivity index (χ0v) is 11.8. The van der Waals surface area contributed by atoms with Crippen LogP contribution in [0.1, 0.15) is 30.2 Å². The third kappa shape index (κ3) is 2.36. The summed E-state index contributed by atoms with van der Waals surface area (Å²) in [6, 6.07) is 6.13. The number of Topliss-reactive ketones (excluding diaryl/α,β-unsaturated/α-hetero) is 1. The predicted molar refractivity (Wildman–Crippen MR) is 77.6 cm³/mol. The average Bonchev–Trinajstić information content (AvgIpc) is 2.30. The molecule has 0 saturated heterocycles. The van der Waals surface area contributed by atoms with Crippen LogP contribution in [0, 0.1) is 18.4 Å².